The molecule has 0 fully saturated rings. The van der Waals surface area contributed by atoms with Gasteiger partial charge in [-0.1, -0.05) is 29.8 Å². The first kappa shape index (κ1) is 11.6. The van der Waals surface area contributed by atoms with Crippen LogP contribution in [-0.2, 0) is 4.74 Å². The summed E-state index contributed by atoms with van der Waals surface area (Å²) in [4.78, 5) is 4.63. The molecule has 1 heterocycles. The average molecular weight is 282 g/mol. The molecule has 0 bridgehead atoms. The molecule has 1 atom stereocenters. The van der Waals surface area contributed by atoms with Crippen LogP contribution < -0.4 is 0 Å². The van der Waals surface area contributed by atoms with Crippen molar-refractivity contribution in [3.8, 4) is 0 Å². The number of hydrogen-bond donors (Lipinski definition) is 0. The van der Waals surface area contributed by atoms with Crippen LogP contribution in [-0.4, -0.2) is 18.5 Å². The predicted molar refractivity (Wildman–Crippen MR) is 70.0 cm³/mol. The fourth-order valence-electron chi connectivity index (χ4n) is 1.75. The number of ether oxygens (including phenoxy) is 1. The molecule has 1 aromatic rings. The first-order chi connectivity index (χ1) is 7.58. The van der Waals surface area contributed by atoms with Crippen molar-refractivity contribution in [2.75, 3.05) is 6.61 Å². The molecule has 2 rings (SSSR count). The monoisotopic (exact) mass is 281 g/mol. The third kappa shape index (κ3) is 2.29. The molecule has 1 aliphatic rings. The standard InChI is InChI=1S/C13H16BrNO/c1-8(2)12-7-16-13(15-12)11-5-4-10(14)6-9(11)3/h4-6,8,12H,7H2,1-3H3. The summed E-state index contributed by atoms with van der Waals surface area (Å²) < 4.78 is 6.76. The van der Waals surface area contributed by atoms with Crippen LogP contribution in [0, 0.1) is 12.8 Å². The van der Waals surface area contributed by atoms with Crippen molar-refractivity contribution >= 4 is 21.8 Å². The molecule has 0 aromatic heterocycles. The van der Waals surface area contributed by atoms with Gasteiger partial charge in [0, 0.05) is 10.0 Å². The number of aryl methyl sites for hydroxylation is 1. The number of halogens is 1. The summed E-state index contributed by atoms with van der Waals surface area (Å²) in [6.45, 7) is 7.14. The van der Waals surface area contributed by atoms with E-state index in [1.807, 2.05) is 6.07 Å². The molecule has 0 spiro atoms. The summed E-state index contributed by atoms with van der Waals surface area (Å²) in [7, 11) is 0. The molecule has 0 aliphatic carbocycles. The Hall–Kier alpha value is -0.830. The van der Waals surface area contributed by atoms with Crippen molar-refractivity contribution < 1.29 is 4.74 Å². The number of aliphatic imine (C=N–C) groups is 1. The summed E-state index contributed by atoms with van der Waals surface area (Å²) in [5, 5.41) is 0. The Kier molecular flexibility index (Phi) is 3.33. The predicted octanol–water partition coefficient (Wildman–Crippen LogP) is 3.56. The van der Waals surface area contributed by atoms with Crippen LogP contribution >= 0.6 is 15.9 Å². The van der Waals surface area contributed by atoms with Crippen molar-refractivity contribution in [1.82, 2.24) is 0 Å². The Bertz CT molecular complexity index is 426. The Labute approximate surface area is 105 Å². The van der Waals surface area contributed by atoms with Gasteiger partial charge >= 0.3 is 0 Å². The number of benzene rings is 1. The van der Waals surface area contributed by atoms with E-state index >= 15 is 0 Å². The quantitative estimate of drug-likeness (QED) is 0.812. The first-order valence-corrected chi connectivity index (χ1v) is 6.34. The minimum Gasteiger partial charge on any atom is -0.475 e. The second-order valence-corrected chi connectivity index (χ2v) is 5.43. The van der Waals surface area contributed by atoms with Crippen LogP contribution in [0.1, 0.15) is 25.0 Å². The van der Waals surface area contributed by atoms with Crippen molar-refractivity contribution in [1.29, 1.82) is 0 Å². The van der Waals surface area contributed by atoms with Crippen molar-refractivity contribution in [2.45, 2.75) is 26.8 Å². The highest BCUT2D eigenvalue weighted by molar-refractivity contribution is 9.10. The van der Waals surface area contributed by atoms with Crippen LogP contribution in [0.5, 0.6) is 0 Å². The Morgan fingerprint density at radius 1 is 1.44 bits per heavy atom. The van der Waals surface area contributed by atoms with Gasteiger partial charge in [0.15, 0.2) is 0 Å². The Balaban J connectivity index is 2.29. The largest absolute Gasteiger partial charge is 0.475 e. The maximum Gasteiger partial charge on any atom is 0.216 e. The number of rotatable bonds is 2. The van der Waals surface area contributed by atoms with E-state index in [0.717, 1.165) is 15.9 Å². The van der Waals surface area contributed by atoms with Crippen LogP contribution in [0.15, 0.2) is 27.7 Å². The van der Waals surface area contributed by atoms with E-state index < -0.39 is 0 Å². The average Bonchev–Trinajstić information content (AvgIpc) is 2.66. The van der Waals surface area contributed by atoms with E-state index in [1.165, 1.54) is 5.56 Å². The number of nitrogens with zero attached hydrogens (tertiary/aromatic N) is 1. The minimum absolute atomic E-state index is 0.304. The zero-order chi connectivity index (χ0) is 11.7. The van der Waals surface area contributed by atoms with Gasteiger partial charge in [0.1, 0.15) is 6.61 Å². The van der Waals surface area contributed by atoms with E-state index in [-0.39, 0.29) is 0 Å². The van der Waals surface area contributed by atoms with Crippen molar-refractivity contribution in [2.24, 2.45) is 10.9 Å². The molecule has 0 radical (unpaired) electrons. The van der Waals surface area contributed by atoms with Gasteiger partial charge in [-0.15, -0.1) is 0 Å². The molecular weight excluding hydrogens is 266 g/mol. The lowest BCUT2D eigenvalue weighted by Gasteiger charge is -2.06. The summed E-state index contributed by atoms with van der Waals surface area (Å²) >= 11 is 3.46. The molecule has 2 nitrogen and oxygen atoms in total. The highest BCUT2D eigenvalue weighted by Gasteiger charge is 2.23. The lowest BCUT2D eigenvalue weighted by atomic mass is 10.1. The fraction of sp³-hybridized carbons (Fsp3) is 0.462. The van der Waals surface area contributed by atoms with Gasteiger partial charge in [-0.05, 0) is 36.6 Å². The molecule has 1 aliphatic heterocycles. The van der Waals surface area contributed by atoms with E-state index in [9.17, 15) is 0 Å². The maximum absolute atomic E-state index is 5.67. The molecule has 0 amide bonds. The van der Waals surface area contributed by atoms with Crippen LogP contribution in [0.4, 0.5) is 0 Å². The van der Waals surface area contributed by atoms with Crippen LogP contribution in [0.3, 0.4) is 0 Å². The van der Waals surface area contributed by atoms with Crippen LogP contribution in [0.25, 0.3) is 0 Å². The number of hydrogen-bond acceptors (Lipinski definition) is 2. The molecular formula is C13H16BrNO. The molecule has 0 N–H and O–H groups in total. The van der Waals surface area contributed by atoms with Gasteiger partial charge in [0.05, 0.1) is 6.04 Å². The minimum atomic E-state index is 0.304. The molecule has 3 heteroatoms. The van der Waals surface area contributed by atoms with Crippen molar-refractivity contribution in [3.63, 3.8) is 0 Å². The SMILES string of the molecule is Cc1cc(Br)ccc1C1=NC(C(C)C)CO1. The highest BCUT2D eigenvalue weighted by atomic mass is 79.9. The van der Waals surface area contributed by atoms with Gasteiger partial charge in [-0.2, -0.15) is 0 Å². The Morgan fingerprint density at radius 3 is 2.75 bits per heavy atom. The molecule has 1 unspecified atom stereocenters. The van der Waals surface area contributed by atoms with Crippen LogP contribution in [0.2, 0.25) is 0 Å². The van der Waals surface area contributed by atoms with Gasteiger partial charge in [0.2, 0.25) is 5.90 Å². The van der Waals surface area contributed by atoms with E-state index in [2.05, 4.69) is 53.8 Å². The highest BCUT2D eigenvalue weighted by Crippen LogP contribution is 2.22. The lowest BCUT2D eigenvalue weighted by Crippen LogP contribution is -2.13. The third-order valence-electron chi connectivity index (χ3n) is 2.86. The second kappa shape index (κ2) is 4.58. The molecule has 86 valence electrons. The molecule has 16 heavy (non-hydrogen) atoms. The van der Waals surface area contributed by atoms with E-state index in [0.29, 0.717) is 18.6 Å². The summed E-state index contributed by atoms with van der Waals surface area (Å²) in [5.74, 6) is 1.33. The van der Waals surface area contributed by atoms with E-state index in [4.69, 9.17) is 4.74 Å². The fourth-order valence-corrected chi connectivity index (χ4v) is 2.22. The summed E-state index contributed by atoms with van der Waals surface area (Å²) in [6.07, 6.45) is 0. The maximum atomic E-state index is 5.67. The van der Waals surface area contributed by atoms with Gasteiger partial charge in [-0.3, -0.25) is 0 Å². The lowest BCUT2D eigenvalue weighted by molar-refractivity contribution is 0.292. The second-order valence-electron chi connectivity index (χ2n) is 4.52. The van der Waals surface area contributed by atoms with Crippen molar-refractivity contribution in [3.05, 3.63) is 33.8 Å². The zero-order valence-electron chi connectivity index (χ0n) is 9.83. The first-order valence-electron chi connectivity index (χ1n) is 5.55. The van der Waals surface area contributed by atoms with E-state index in [1.54, 1.807) is 0 Å². The summed E-state index contributed by atoms with van der Waals surface area (Å²) in [5.41, 5.74) is 2.30. The molecule has 1 aromatic carbocycles. The topological polar surface area (TPSA) is 21.6 Å². The molecule has 0 saturated heterocycles. The van der Waals surface area contributed by atoms with Gasteiger partial charge < -0.3 is 4.74 Å². The normalized spacial score (nSPS) is 19.8. The van der Waals surface area contributed by atoms with Gasteiger partial charge in [0.25, 0.3) is 0 Å². The Morgan fingerprint density at radius 2 is 2.19 bits per heavy atom. The molecule has 0 saturated carbocycles. The zero-order valence-corrected chi connectivity index (χ0v) is 11.4. The summed E-state index contributed by atoms with van der Waals surface area (Å²) in [6, 6.07) is 6.47. The third-order valence-corrected chi connectivity index (χ3v) is 3.36. The van der Waals surface area contributed by atoms with Gasteiger partial charge in [-0.25, -0.2) is 4.99 Å². The smallest absolute Gasteiger partial charge is 0.216 e.